The number of hydrogen-bond donors (Lipinski definition) is 1. The Morgan fingerprint density at radius 1 is 1.29 bits per heavy atom. The molecule has 0 saturated heterocycles. The molecule has 3 nitrogen and oxygen atoms in total. The fraction of sp³-hybridized carbons (Fsp3) is 0.615. The van der Waals surface area contributed by atoms with Crippen molar-refractivity contribution in [2.45, 2.75) is 31.7 Å². The first-order chi connectivity index (χ1) is 7.69. The molecule has 1 aliphatic rings. The van der Waals surface area contributed by atoms with Crippen molar-refractivity contribution in [3.05, 3.63) is 25.3 Å². The maximum absolute atomic E-state index is 12.2. The molecule has 0 bridgehead atoms. The average molecular weight is 259 g/mol. The van der Waals surface area contributed by atoms with Crippen LogP contribution in [-0.4, -0.2) is 29.9 Å². The van der Waals surface area contributed by atoms with E-state index in [0.717, 1.165) is 25.7 Å². The molecule has 1 aliphatic carbocycles. The smallest absolute Gasteiger partial charge is 0.226 e. The minimum absolute atomic E-state index is 0. The summed E-state index contributed by atoms with van der Waals surface area (Å²) in [6.45, 7) is 8.53. The van der Waals surface area contributed by atoms with Gasteiger partial charge in [-0.05, 0) is 19.3 Å². The number of amides is 1. The van der Waals surface area contributed by atoms with Crippen LogP contribution in [0.5, 0.6) is 0 Å². The maximum Gasteiger partial charge on any atom is 0.226 e. The molecule has 0 aliphatic heterocycles. The van der Waals surface area contributed by atoms with E-state index in [1.165, 1.54) is 0 Å². The van der Waals surface area contributed by atoms with E-state index < -0.39 is 0 Å². The highest BCUT2D eigenvalue weighted by molar-refractivity contribution is 5.85. The van der Waals surface area contributed by atoms with Crippen LogP contribution < -0.4 is 5.73 Å². The average Bonchev–Trinajstić information content (AvgIpc) is 2.28. The summed E-state index contributed by atoms with van der Waals surface area (Å²) in [5.41, 5.74) is 5.90. The predicted octanol–water partition coefficient (Wildman–Crippen LogP) is 2.13. The Morgan fingerprint density at radius 2 is 1.88 bits per heavy atom. The first-order valence-corrected chi connectivity index (χ1v) is 5.95. The van der Waals surface area contributed by atoms with Crippen molar-refractivity contribution in [2.75, 3.05) is 13.1 Å². The summed E-state index contributed by atoms with van der Waals surface area (Å²) >= 11 is 0. The molecular weight excluding hydrogens is 236 g/mol. The van der Waals surface area contributed by atoms with Gasteiger partial charge < -0.3 is 10.6 Å². The van der Waals surface area contributed by atoms with Crippen LogP contribution in [0.2, 0.25) is 0 Å². The van der Waals surface area contributed by atoms with E-state index in [1.54, 1.807) is 17.1 Å². The Kier molecular flexibility index (Phi) is 7.92. The Balaban J connectivity index is 0.00000256. The van der Waals surface area contributed by atoms with E-state index in [2.05, 4.69) is 13.2 Å². The summed E-state index contributed by atoms with van der Waals surface area (Å²) < 4.78 is 0. The van der Waals surface area contributed by atoms with Gasteiger partial charge in [0.1, 0.15) is 0 Å². The molecule has 4 heteroatoms. The molecule has 1 rings (SSSR count). The number of halogens is 1. The van der Waals surface area contributed by atoms with Crippen LogP contribution in [0, 0.1) is 5.92 Å². The summed E-state index contributed by atoms with van der Waals surface area (Å²) in [6, 6.07) is 0.192. The highest BCUT2D eigenvalue weighted by Crippen LogP contribution is 2.24. The van der Waals surface area contributed by atoms with Crippen LogP contribution >= 0.6 is 12.4 Å². The second-order valence-electron chi connectivity index (χ2n) is 4.44. The number of hydrogen-bond acceptors (Lipinski definition) is 2. The maximum atomic E-state index is 12.2. The summed E-state index contributed by atoms with van der Waals surface area (Å²) in [5.74, 6) is 0.304. The second-order valence-corrected chi connectivity index (χ2v) is 4.44. The molecule has 2 atom stereocenters. The van der Waals surface area contributed by atoms with Gasteiger partial charge >= 0.3 is 0 Å². The number of rotatable bonds is 5. The van der Waals surface area contributed by atoms with Gasteiger partial charge in [0.2, 0.25) is 5.91 Å². The van der Waals surface area contributed by atoms with Gasteiger partial charge in [-0.15, -0.1) is 25.6 Å². The third kappa shape index (κ3) is 4.92. The Hall–Kier alpha value is -0.800. The van der Waals surface area contributed by atoms with Crippen molar-refractivity contribution in [2.24, 2.45) is 11.7 Å². The normalized spacial score (nSPS) is 23.4. The summed E-state index contributed by atoms with van der Waals surface area (Å²) in [4.78, 5) is 14.0. The molecule has 0 radical (unpaired) electrons. The molecule has 17 heavy (non-hydrogen) atoms. The number of carbonyl (C=O) groups excluding carboxylic acids is 1. The molecule has 0 aromatic heterocycles. The van der Waals surface area contributed by atoms with Crippen LogP contribution in [0.4, 0.5) is 0 Å². The third-order valence-electron chi connectivity index (χ3n) is 3.07. The van der Waals surface area contributed by atoms with E-state index in [0.29, 0.717) is 13.1 Å². The standard InChI is InChI=1S/C13H22N2O.ClH/c1-3-8-15(9-4-2)13(16)11-6-5-7-12(14)10-11;/h3-4,11-12H,1-2,5-10,14H2;1H. The molecule has 0 heterocycles. The highest BCUT2D eigenvalue weighted by Gasteiger charge is 2.27. The molecule has 98 valence electrons. The van der Waals surface area contributed by atoms with Crippen molar-refractivity contribution in [3.63, 3.8) is 0 Å². The Labute approximate surface area is 110 Å². The predicted molar refractivity (Wildman–Crippen MR) is 74.2 cm³/mol. The van der Waals surface area contributed by atoms with Gasteiger partial charge in [-0.1, -0.05) is 18.6 Å². The summed E-state index contributed by atoms with van der Waals surface area (Å²) in [5, 5.41) is 0. The van der Waals surface area contributed by atoms with Crippen LogP contribution in [0.3, 0.4) is 0 Å². The lowest BCUT2D eigenvalue weighted by atomic mass is 9.85. The summed E-state index contributed by atoms with van der Waals surface area (Å²) in [7, 11) is 0. The van der Waals surface area contributed by atoms with E-state index in [9.17, 15) is 4.79 Å². The molecule has 0 aromatic rings. The van der Waals surface area contributed by atoms with Crippen LogP contribution in [0.15, 0.2) is 25.3 Å². The highest BCUT2D eigenvalue weighted by atomic mass is 35.5. The van der Waals surface area contributed by atoms with Gasteiger partial charge in [0, 0.05) is 25.0 Å². The summed E-state index contributed by atoms with van der Waals surface area (Å²) in [6.07, 6.45) is 7.41. The topological polar surface area (TPSA) is 46.3 Å². The first-order valence-electron chi connectivity index (χ1n) is 5.95. The number of carbonyl (C=O) groups is 1. The Bertz CT molecular complexity index is 258. The van der Waals surface area contributed by atoms with Gasteiger partial charge in [0.25, 0.3) is 0 Å². The van der Waals surface area contributed by atoms with Gasteiger partial charge in [-0.3, -0.25) is 4.79 Å². The molecular formula is C13H23ClN2O. The van der Waals surface area contributed by atoms with Crippen molar-refractivity contribution < 1.29 is 4.79 Å². The fourth-order valence-corrected chi connectivity index (χ4v) is 2.28. The zero-order valence-corrected chi connectivity index (χ0v) is 11.1. The quantitative estimate of drug-likeness (QED) is 0.768. The molecule has 0 aromatic carbocycles. The Morgan fingerprint density at radius 3 is 2.35 bits per heavy atom. The third-order valence-corrected chi connectivity index (χ3v) is 3.07. The van der Waals surface area contributed by atoms with E-state index in [1.807, 2.05) is 0 Å². The van der Waals surface area contributed by atoms with Crippen LogP contribution in [0.25, 0.3) is 0 Å². The zero-order valence-electron chi connectivity index (χ0n) is 10.3. The van der Waals surface area contributed by atoms with Gasteiger partial charge in [-0.2, -0.15) is 0 Å². The van der Waals surface area contributed by atoms with E-state index in [-0.39, 0.29) is 30.3 Å². The molecule has 1 amide bonds. The minimum atomic E-state index is 0. The SMILES string of the molecule is C=CCN(CC=C)C(=O)C1CCCC(N)C1.Cl. The zero-order chi connectivity index (χ0) is 12.0. The monoisotopic (exact) mass is 258 g/mol. The van der Waals surface area contributed by atoms with Crippen molar-refractivity contribution in [1.82, 2.24) is 4.90 Å². The van der Waals surface area contributed by atoms with Crippen molar-refractivity contribution >= 4 is 18.3 Å². The largest absolute Gasteiger partial charge is 0.335 e. The fourth-order valence-electron chi connectivity index (χ4n) is 2.28. The minimum Gasteiger partial charge on any atom is -0.335 e. The van der Waals surface area contributed by atoms with Gasteiger partial charge in [0.15, 0.2) is 0 Å². The molecule has 2 N–H and O–H groups in total. The lowest BCUT2D eigenvalue weighted by Crippen LogP contribution is -2.40. The number of nitrogens with zero attached hydrogens (tertiary/aromatic N) is 1. The van der Waals surface area contributed by atoms with Gasteiger partial charge in [-0.25, -0.2) is 0 Å². The van der Waals surface area contributed by atoms with Gasteiger partial charge in [0.05, 0.1) is 0 Å². The molecule has 2 unspecified atom stereocenters. The van der Waals surface area contributed by atoms with E-state index >= 15 is 0 Å². The first kappa shape index (κ1) is 16.2. The molecule has 0 spiro atoms. The van der Waals surface area contributed by atoms with Crippen LogP contribution in [-0.2, 0) is 4.79 Å². The lowest BCUT2D eigenvalue weighted by Gasteiger charge is -2.30. The van der Waals surface area contributed by atoms with Crippen LogP contribution in [0.1, 0.15) is 25.7 Å². The second kappa shape index (κ2) is 8.31. The van der Waals surface area contributed by atoms with Crippen molar-refractivity contribution in [1.29, 1.82) is 0 Å². The van der Waals surface area contributed by atoms with E-state index in [4.69, 9.17) is 5.73 Å². The van der Waals surface area contributed by atoms with Crippen molar-refractivity contribution in [3.8, 4) is 0 Å². The lowest BCUT2D eigenvalue weighted by molar-refractivity contribution is -0.135. The molecule has 1 fully saturated rings. The molecule has 1 saturated carbocycles. The number of nitrogens with two attached hydrogens (primary N) is 1.